The summed E-state index contributed by atoms with van der Waals surface area (Å²) in [5.41, 5.74) is 1.18. The summed E-state index contributed by atoms with van der Waals surface area (Å²) in [6, 6.07) is 5.97. The molecule has 0 amide bonds. The van der Waals surface area contributed by atoms with Gasteiger partial charge >= 0.3 is 0 Å². The van der Waals surface area contributed by atoms with Crippen molar-refractivity contribution in [2.75, 3.05) is 12.5 Å². The molecule has 1 aromatic carbocycles. The summed E-state index contributed by atoms with van der Waals surface area (Å²) < 4.78 is 6.70. The van der Waals surface area contributed by atoms with Crippen molar-refractivity contribution in [2.45, 2.75) is 13.8 Å². The second kappa shape index (κ2) is 5.62. The Balaban J connectivity index is 2.55. The van der Waals surface area contributed by atoms with Crippen molar-refractivity contribution in [1.29, 1.82) is 0 Å². The van der Waals surface area contributed by atoms with Crippen LogP contribution >= 0.6 is 27.5 Å². The highest BCUT2D eigenvalue weighted by atomic mass is 79.9. The first-order chi connectivity index (χ1) is 6.63. The Morgan fingerprint density at radius 3 is 2.79 bits per heavy atom. The van der Waals surface area contributed by atoms with Crippen LogP contribution in [0.5, 0.6) is 5.75 Å². The van der Waals surface area contributed by atoms with E-state index in [9.17, 15) is 0 Å². The van der Waals surface area contributed by atoms with Crippen molar-refractivity contribution < 1.29 is 4.74 Å². The van der Waals surface area contributed by atoms with E-state index in [0.717, 1.165) is 10.2 Å². The SMILES string of the molecule is Cc1cc(OCC(C)CCl)ccc1Br. The van der Waals surface area contributed by atoms with E-state index in [1.807, 2.05) is 25.1 Å². The number of hydrogen-bond donors (Lipinski definition) is 0. The van der Waals surface area contributed by atoms with Gasteiger partial charge in [-0.05, 0) is 30.7 Å². The van der Waals surface area contributed by atoms with Crippen LogP contribution in [0.4, 0.5) is 0 Å². The van der Waals surface area contributed by atoms with Gasteiger partial charge in [-0.1, -0.05) is 22.9 Å². The fourth-order valence-electron chi connectivity index (χ4n) is 0.990. The van der Waals surface area contributed by atoms with Crippen LogP contribution < -0.4 is 4.74 Å². The molecule has 0 N–H and O–H groups in total. The first-order valence-electron chi connectivity index (χ1n) is 4.58. The zero-order chi connectivity index (χ0) is 10.6. The van der Waals surface area contributed by atoms with Crippen LogP contribution in [-0.2, 0) is 0 Å². The number of halogens is 2. The Bertz CT molecular complexity index is 301. The third kappa shape index (κ3) is 3.50. The van der Waals surface area contributed by atoms with E-state index in [0.29, 0.717) is 18.4 Å². The molecule has 0 saturated carbocycles. The Kier molecular flexibility index (Phi) is 4.76. The quantitative estimate of drug-likeness (QED) is 0.756. The van der Waals surface area contributed by atoms with E-state index in [1.165, 1.54) is 5.56 Å². The zero-order valence-corrected chi connectivity index (χ0v) is 10.7. The summed E-state index contributed by atoms with van der Waals surface area (Å²) in [5, 5.41) is 0. The van der Waals surface area contributed by atoms with E-state index in [2.05, 4.69) is 22.9 Å². The molecular formula is C11H14BrClO. The van der Waals surface area contributed by atoms with Gasteiger partial charge in [0.1, 0.15) is 5.75 Å². The van der Waals surface area contributed by atoms with Crippen molar-refractivity contribution in [1.82, 2.24) is 0 Å². The highest BCUT2D eigenvalue weighted by Gasteiger charge is 2.02. The van der Waals surface area contributed by atoms with E-state index in [-0.39, 0.29) is 0 Å². The molecule has 1 nitrogen and oxygen atoms in total. The van der Waals surface area contributed by atoms with Crippen LogP contribution in [0, 0.1) is 12.8 Å². The first-order valence-corrected chi connectivity index (χ1v) is 5.91. The number of hydrogen-bond acceptors (Lipinski definition) is 1. The molecule has 3 heteroatoms. The Morgan fingerprint density at radius 1 is 1.50 bits per heavy atom. The molecule has 0 aliphatic rings. The number of alkyl halides is 1. The van der Waals surface area contributed by atoms with Gasteiger partial charge in [0.15, 0.2) is 0 Å². The third-order valence-corrected chi connectivity index (χ3v) is 3.34. The summed E-state index contributed by atoms with van der Waals surface area (Å²) in [7, 11) is 0. The molecule has 0 aliphatic heterocycles. The van der Waals surface area contributed by atoms with Gasteiger partial charge in [-0.25, -0.2) is 0 Å². The van der Waals surface area contributed by atoms with Crippen molar-refractivity contribution in [3.05, 3.63) is 28.2 Å². The maximum atomic E-state index is 5.69. The topological polar surface area (TPSA) is 9.23 Å². The van der Waals surface area contributed by atoms with Crippen molar-refractivity contribution in [3.63, 3.8) is 0 Å². The lowest BCUT2D eigenvalue weighted by Crippen LogP contribution is -2.09. The molecule has 14 heavy (non-hydrogen) atoms. The van der Waals surface area contributed by atoms with Crippen LogP contribution in [0.15, 0.2) is 22.7 Å². The van der Waals surface area contributed by atoms with Crippen LogP contribution in [0.1, 0.15) is 12.5 Å². The lowest BCUT2D eigenvalue weighted by atomic mass is 10.2. The molecule has 1 rings (SSSR count). The van der Waals surface area contributed by atoms with Crippen molar-refractivity contribution in [2.24, 2.45) is 5.92 Å². The lowest BCUT2D eigenvalue weighted by Gasteiger charge is -2.10. The molecule has 0 aromatic heterocycles. The summed E-state index contributed by atoms with van der Waals surface area (Å²) in [6.45, 7) is 4.78. The van der Waals surface area contributed by atoms with Crippen molar-refractivity contribution in [3.8, 4) is 5.75 Å². The van der Waals surface area contributed by atoms with E-state index in [4.69, 9.17) is 16.3 Å². The molecule has 1 atom stereocenters. The predicted molar refractivity (Wildman–Crippen MR) is 64.3 cm³/mol. The molecule has 0 heterocycles. The number of aryl methyl sites for hydroxylation is 1. The van der Waals surface area contributed by atoms with Gasteiger partial charge in [0.2, 0.25) is 0 Å². The largest absolute Gasteiger partial charge is 0.493 e. The average molecular weight is 278 g/mol. The second-order valence-electron chi connectivity index (χ2n) is 3.48. The van der Waals surface area contributed by atoms with Gasteiger partial charge in [0, 0.05) is 16.3 Å². The maximum absolute atomic E-state index is 5.69. The van der Waals surface area contributed by atoms with Gasteiger partial charge in [-0.2, -0.15) is 0 Å². The Labute approximate surface area is 98.5 Å². The fraction of sp³-hybridized carbons (Fsp3) is 0.455. The minimum absolute atomic E-state index is 0.389. The number of ether oxygens (including phenoxy) is 1. The van der Waals surface area contributed by atoms with Gasteiger partial charge in [-0.15, -0.1) is 11.6 Å². The molecule has 1 unspecified atom stereocenters. The predicted octanol–water partition coefficient (Wildman–Crippen LogP) is 4.01. The first kappa shape index (κ1) is 11.9. The van der Waals surface area contributed by atoms with Gasteiger partial charge < -0.3 is 4.74 Å². The third-order valence-electron chi connectivity index (χ3n) is 1.93. The van der Waals surface area contributed by atoms with E-state index < -0.39 is 0 Å². The molecule has 0 bridgehead atoms. The fourth-order valence-corrected chi connectivity index (χ4v) is 1.33. The van der Waals surface area contributed by atoms with Gasteiger partial charge in [0.05, 0.1) is 6.61 Å². The standard InChI is InChI=1S/C11H14BrClO/c1-8(6-13)7-14-10-3-4-11(12)9(2)5-10/h3-5,8H,6-7H2,1-2H3. The number of rotatable bonds is 4. The van der Waals surface area contributed by atoms with Gasteiger partial charge in [-0.3, -0.25) is 0 Å². The van der Waals surface area contributed by atoms with Gasteiger partial charge in [0.25, 0.3) is 0 Å². The highest BCUT2D eigenvalue weighted by molar-refractivity contribution is 9.10. The van der Waals surface area contributed by atoms with Crippen LogP contribution in [0.25, 0.3) is 0 Å². The minimum Gasteiger partial charge on any atom is -0.493 e. The maximum Gasteiger partial charge on any atom is 0.119 e. The summed E-state index contributed by atoms with van der Waals surface area (Å²) in [4.78, 5) is 0. The summed E-state index contributed by atoms with van der Waals surface area (Å²) >= 11 is 9.13. The molecule has 0 fully saturated rings. The summed E-state index contributed by atoms with van der Waals surface area (Å²) in [6.07, 6.45) is 0. The average Bonchev–Trinajstić information content (AvgIpc) is 2.19. The Morgan fingerprint density at radius 2 is 2.21 bits per heavy atom. The summed E-state index contributed by atoms with van der Waals surface area (Å²) in [5.74, 6) is 1.93. The van der Waals surface area contributed by atoms with Crippen LogP contribution in [-0.4, -0.2) is 12.5 Å². The molecule has 0 spiro atoms. The second-order valence-corrected chi connectivity index (χ2v) is 4.64. The lowest BCUT2D eigenvalue weighted by molar-refractivity contribution is 0.272. The Hall–Kier alpha value is -0.210. The molecule has 0 aliphatic carbocycles. The molecule has 1 aromatic rings. The zero-order valence-electron chi connectivity index (χ0n) is 8.39. The van der Waals surface area contributed by atoms with E-state index in [1.54, 1.807) is 0 Å². The van der Waals surface area contributed by atoms with Crippen LogP contribution in [0.3, 0.4) is 0 Å². The number of benzene rings is 1. The normalized spacial score (nSPS) is 12.6. The molecule has 78 valence electrons. The van der Waals surface area contributed by atoms with Crippen LogP contribution in [0.2, 0.25) is 0 Å². The molecule has 0 saturated heterocycles. The monoisotopic (exact) mass is 276 g/mol. The van der Waals surface area contributed by atoms with E-state index >= 15 is 0 Å². The molecular weight excluding hydrogens is 263 g/mol. The minimum atomic E-state index is 0.389. The molecule has 0 radical (unpaired) electrons. The smallest absolute Gasteiger partial charge is 0.119 e. The van der Waals surface area contributed by atoms with Crippen molar-refractivity contribution >= 4 is 27.5 Å². The highest BCUT2D eigenvalue weighted by Crippen LogP contribution is 2.21.